The van der Waals surface area contributed by atoms with Gasteiger partial charge in [0.15, 0.2) is 0 Å². The molecule has 2 aromatic heterocycles. The van der Waals surface area contributed by atoms with E-state index in [0.29, 0.717) is 23.4 Å². The molecule has 1 aliphatic rings. The number of hydrogen-bond donors (Lipinski definition) is 19. The topological polar surface area (TPSA) is 585 Å². The van der Waals surface area contributed by atoms with Crippen LogP contribution in [0, 0.1) is 5.92 Å². The lowest BCUT2D eigenvalue weighted by atomic mass is 10.0. The van der Waals surface area contributed by atoms with Crippen molar-refractivity contribution in [1.82, 2.24) is 78.0 Å². The Morgan fingerprint density at radius 1 is 0.602 bits per heavy atom. The summed E-state index contributed by atoms with van der Waals surface area (Å²) in [4.78, 5) is 202. The van der Waals surface area contributed by atoms with E-state index < -0.39 is 175 Å². The largest absolute Gasteiger partial charge is 0.508 e. The Morgan fingerprint density at radius 2 is 1.11 bits per heavy atom. The van der Waals surface area contributed by atoms with Gasteiger partial charge in [-0.15, -0.1) is 0 Å². The highest BCUT2D eigenvalue weighted by atomic mass is 16.4. The number of carbonyl (C=O) groups excluding carboxylic acids is 13. The molecule has 93 heavy (non-hydrogen) atoms. The number of likely N-dealkylation sites (tertiary alicyclic amines) is 1. The Balaban J connectivity index is 1.54. The lowest BCUT2D eigenvalue weighted by Crippen LogP contribution is -2.61. The Kier molecular flexibility index (Phi) is 30.2. The van der Waals surface area contributed by atoms with Crippen molar-refractivity contribution in [2.24, 2.45) is 28.9 Å². The first kappa shape index (κ1) is 75.4. The molecule has 1 saturated heterocycles. The van der Waals surface area contributed by atoms with E-state index in [1.54, 1.807) is 13.8 Å². The number of amides is 13. The maximum absolute atomic E-state index is 14.8. The van der Waals surface area contributed by atoms with Gasteiger partial charge in [0.2, 0.25) is 76.8 Å². The van der Waals surface area contributed by atoms with Crippen molar-refractivity contribution in [3.8, 4) is 5.75 Å². The van der Waals surface area contributed by atoms with E-state index in [2.05, 4.69) is 73.1 Å². The number of carboxylic acids is 1. The van der Waals surface area contributed by atoms with Gasteiger partial charge in [0, 0.05) is 49.6 Å². The number of H-pyrrole nitrogens is 2. The second-order valence-electron chi connectivity index (χ2n) is 22.7. The average molecular weight is 1310 g/mol. The van der Waals surface area contributed by atoms with Gasteiger partial charge in [-0.3, -0.25) is 67.1 Å². The zero-order valence-electron chi connectivity index (χ0n) is 51.9. The number of phenolic OH excluding ortho intramolecular Hbond substituents is 1. The normalized spacial score (nSPS) is 16.0. The number of nitrogens with two attached hydrogens (primary N) is 4. The number of primary amides is 2. The molecule has 0 bridgehead atoms. The van der Waals surface area contributed by atoms with Crippen molar-refractivity contribution in [2.75, 3.05) is 26.2 Å². The molecular weight excluding hydrogens is 1220 g/mol. The number of unbranched alkanes of at least 4 members (excludes halogenated alkanes) is 1. The van der Waals surface area contributed by atoms with E-state index in [1.165, 1.54) is 68.1 Å². The standard InChI is InChI=1S/C57H85N19O17/c1-28(2)16-36(51(87)75-41(19-33-23-63-27-67-33)57(93)76-15-7-9-42(76)55(91)74-38(18-32-22-62-26-66-32)53(89)73-39(20-43(59)79)49(85)65-25-46(82)83)71-48(84)29(3)68-50(86)35(8-5-6-14-58)70-52(88)37(17-31-10-12-34(78)13-11-31)72-54(90)40(21-44(60)80)69-45(81)24-64-56(92)47(61)30(4)77/h10-13,22-23,26-30,35-42,47,77-78H,5-9,14-21,24-25,58,61H2,1-4H3,(H2,59,79)(H2,60,80)(H,62,66)(H,63,67)(H,64,92)(H,65,85)(H,68,86)(H,69,81)(H,70,88)(H,71,84)(H,72,90)(H,73,89)(H,74,91)(H,75,87)(H,82,83)/t29-,30+,35-,36-,37-,38-,39-,40-,41-,42-,47-/m0/s1. The fourth-order valence-corrected chi connectivity index (χ4v) is 9.58. The molecule has 0 unspecified atom stereocenters. The van der Waals surface area contributed by atoms with Crippen LogP contribution in [0.5, 0.6) is 5.75 Å². The van der Waals surface area contributed by atoms with Gasteiger partial charge < -0.3 is 106 Å². The van der Waals surface area contributed by atoms with Gasteiger partial charge in [0.25, 0.3) is 0 Å². The van der Waals surface area contributed by atoms with E-state index in [1.807, 2.05) is 0 Å². The van der Waals surface area contributed by atoms with Crippen molar-refractivity contribution >= 4 is 82.8 Å². The third-order valence-electron chi connectivity index (χ3n) is 14.5. The van der Waals surface area contributed by atoms with Crippen LogP contribution in [-0.4, -0.2) is 216 Å². The summed E-state index contributed by atoms with van der Waals surface area (Å²) in [5.74, 6) is -14.1. The number of carboxylic acid groups (broad SMARTS) is 1. The molecule has 36 heteroatoms. The Labute approximate surface area is 533 Å². The molecule has 11 atom stereocenters. The zero-order chi connectivity index (χ0) is 69.1. The van der Waals surface area contributed by atoms with Crippen LogP contribution in [0.15, 0.2) is 49.3 Å². The SMILES string of the molecule is CC(C)C[C@H](NC(=O)[C@H](C)NC(=O)[C@H](CCCCN)NC(=O)[C@H](Cc1ccc(O)cc1)NC(=O)[C@H](CC(N)=O)NC(=O)CNC(=O)[C@@H](N)[C@@H](C)O)C(=O)N[C@@H](Cc1cnc[nH]1)C(=O)N1CCC[C@H]1C(=O)N[C@@H](Cc1cnc[nH]1)C(=O)N[C@@H](CC(N)=O)C(=O)NCC(=O)O. The van der Waals surface area contributed by atoms with Gasteiger partial charge in [-0.2, -0.15) is 0 Å². The molecule has 0 saturated carbocycles. The molecule has 3 aromatic rings. The smallest absolute Gasteiger partial charge is 0.322 e. The molecule has 4 rings (SSSR count). The van der Waals surface area contributed by atoms with Gasteiger partial charge in [0.05, 0.1) is 38.1 Å². The number of aromatic amines is 2. The first-order valence-corrected chi connectivity index (χ1v) is 29.9. The predicted octanol–water partition coefficient (Wildman–Crippen LogP) is -7.29. The van der Waals surface area contributed by atoms with Crippen LogP contribution in [0.2, 0.25) is 0 Å². The molecule has 0 radical (unpaired) electrons. The lowest BCUT2D eigenvalue weighted by Gasteiger charge is -2.31. The first-order valence-electron chi connectivity index (χ1n) is 29.9. The van der Waals surface area contributed by atoms with Gasteiger partial charge in [-0.25, -0.2) is 9.97 Å². The van der Waals surface area contributed by atoms with Crippen LogP contribution in [0.25, 0.3) is 0 Å². The second kappa shape index (κ2) is 37.3. The number of rotatable bonds is 39. The molecule has 1 aromatic carbocycles. The number of nitrogens with one attached hydrogen (secondary N) is 12. The third-order valence-corrected chi connectivity index (χ3v) is 14.5. The lowest BCUT2D eigenvalue weighted by molar-refractivity contribution is -0.142. The fourth-order valence-electron chi connectivity index (χ4n) is 9.58. The highest BCUT2D eigenvalue weighted by molar-refractivity contribution is 6.00. The van der Waals surface area contributed by atoms with Crippen LogP contribution in [0.4, 0.5) is 0 Å². The van der Waals surface area contributed by atoms with Crippen LogP contribution in [0.1, 0.15) is 96.0 Å². The minimum Gasteiger partial charge on any atom is -0.508 e. The van der Waals surface area contributed by atoms with E-state index in [4.69, 9.17) is 28.0 Å². The minimum atomic E-state index is -1.71. The van der Waals surface area contributed by atoms with E-state index in [0.717, 1.165) is 0 Å². The molecular formula is C57H85N19O17. The summed E-state index contributed by atoms with van der Waals surface area (Å²) in [6, 6.07) is -9.18. The molecule has 1 aliphatic heterocycles. The maximum Gasteiger partial charge on any atom is 0.322 e. The van der Waals surface area contributed by atoms with Gasteiger partial charge in [0.1, 0.15) is 72.7 Å². The summed E-state index contributed by atoms with van der Waals surface area (Å²) in [6.45, 7) is 4.64. The molecule has 3 heterocycles. The number of nitrogens with zero attached hydrogens (tertiary/aromatic N) is 3. The van der Waals surface area contributed by atoms with Crippen molar-refractivity contribution in [3.63, 3.8) is 0 Å². The average Bonchev–Trinajstić information content (AvgIpc) is 1.80. The number of benzene rings is 1. The van der Waals surface area contributed by atoms with E-state index >= 15 is 0 Å². The quantitative estimate of drug-likeness (QED) is 0.0236. The number of aromatic nitrogens is 4. The number of aromatic hydroxyl groups is 1. The minimum absolute atomic E-state index is 0.00272. The number of hydrogen-bond acceptors (Lipinski definition) is 20. The van der Waals surface area contributed by atoms with Crippen LogP contribution < -0.4 is 76.1 Å². The summed E-state index contributed by atoms with van der Waals surface area (Å²) in [6.07, 6.45) is 2.79. The number of carbonyl (C=O) groups is 14. The number of aliphatic hydroxyl groups excluding tert-OH is 1. The number of aliphatic carboxylic acids is 1. The van der Waals surface area contributed by atoms with E-state index in [-0.39, 0.29) is 76.1 Å². The molecule has 0 spiro atoms. The van der Waals surface area contributed by atoms with Crippen LogP contribution >= 0.6 is 0 Å². The van der Waals surface area contributed by atoms with Crippen molar-refractivity contribution in [2.45, 2.75) is 165 Å². The predicted molar refractivity (Wildman–Crippen MR) is 326 cm³/mol. The highest BCUT2D eigenvalue weighted by Gasteiger charge is 2.41. The number of imidazole rings is 2. The monoisotopic (exact) mass is 1310 g/mol. The fraction of sp³-hybridized carbons (Fsp3) is 0.544. The molecule has 0 aliphatic carbocycles. The molecule has 1 fully saturated rings. The number of phenols is 1. The maximum atomic E-state index is 14.8. The Bertz CT molecular complexity index is 3070. The van der Waals surface area contributed by atoms with Crippen LogP contribution in [-0.2, 0) is 86.4 Å². The van der Waals surface area contributed by atoms with Crippen molar-refractivity contribution < 1.29 is 82.4 Å². The zero-order valence-corrected chi connectivity index (χ0v) is 51.9. The van der Waals surface area contributed by atoms with E-state index in [9.17, 15) is 77.3 Å². The molecule has 13 amide bonds. The molecule has 36 nitrogen and oxygen atoms in total. The van der Waals surface area contributed by atoms with Crippen LogP contribution in [0.3, 0.4) is 0 Å². The summed E-state index contributed by atoms with van der Waals surface area (Å²) in [7, 11) is 0. The Hall–Kier alpha value is -10.1. The van der Waals surface area contributed by atoms with Gasteiger partial charge in [-0.05, 0) is 82.5 Å². The summed E-state index contributed by atoms with van der Waals surface area (Å²) in [5.41, 5.74) is 23.2. The van der Waals surface area contributed by atoms with Crippen molar-refractivity contribution in [1.29, 1.82) is 0 Å². The summed E-state index contributed by atoms with van der Waals surface area (Å²) < 4.78 is 0. The highest BCUT2D eigenvalue weighted by Crippen LogP contribution is 2.21. The second-order valence-corrected chi connectivity index (χ2v) is 22.7. The summed E-state index contributed by atoms with van der Waals surface area (Å²) >= 11 is 0. The molecule has 23 N–H and O–H groups in total. The van der Waals surface area contributed by atoms with Gasteiger partial charge >= 0.3 is 5.97 Å². The first-order chi connectivity index (χ1) is 44.0. The number of aliphatic hydroxyl groups is 1. The Morgan fingerprint density at radius 3 is 1.66 bits per heavy atom. The summed E-state index contributed by atoms with van der Waals surface area (Å²) in [5, 5.41) is 53.1. The van der Waals surface area contributed by atoms with Crippen molar-refractivity contribution in [3.05, 3.63) is 66.3 Å². The van der Waals surface area contributed by atoms with Gasteiger partial charge in [-0.1, -0.05) is 26.0 Å². The third kappa shape index (κ3) is 25.6. The molecule has 510 valence electrons.